The molecule has 0 aliphatic carbocycles. The maximum atomic E-state index is 12.1. The highest BCUT2D eigenvalue weighted by atomic mass is 16.5. The lowest BCUT2D eigenvalue weighted by Gasteiger charge is -2.09. The number of carbonyl (C=O) groups is 2. The third-order valence-corrected chi connectivity index (χ3v) is 3.55. The Bertz CT molecular complexity index is 798. The van der Waals surface area contributed by atoms with Crippen LogP contribution in [0, 0.1) is 5.92 Å². The maximum Gasteiger partial charge on any atom is 0.269 e. The summed E-state index contributed by atoms with van der Waals surface area (Å²) in [7, 11) is 1.56. The predicted molar refractivity (Wildman–Crippen MR) is 104 cm³/mol. The molecule has 2 amide bonds. The molecule has 2 aromatic carbocycles. The first-order chi connectivity index (χ1) is 13.0. The number of carbonyl (C=O) groups excluding carboxylic acids is 2. The summed E-state index contributed by atoms with van der Waals surface area (Å²) in [6.45, 7) is 4.74. The summed E-state index contributed by atoms with van der Waals surface area (Å²) in [4.78, 5) is 24.0. The van der Waals surface area contributed by atoms with E-state index in [-0.39, 0.29) is 0 Å². The van der Waals surface area contributed by atoms with E-state index in [0.717, 1.165) is 5.56 Å². The Kier molecular flexibility index (Phi) is 7.43. The van der Waals surface area contributed by atoms with Crippen molar-refractivity contribution >= 4 is 17.9 Å². The minimum atomic E-state index is -0.453. The molecule has 0 fully saturated rings. The SMILES string of the molecule is COc1ccccc1C=CC(=O)NNC(=O)c1ccc(OCC(C)C)cc1. The molecule has 142 valence electrons. The number of hydrogen-bond acceptors (Lipinski definition) is 4. The zero-order valence-electron chi connectivity index (χ0n) is 15.7. The number of nitrogens with one attached hydrogen (secondary N) is 2. The Balaban J connectivity index is 1.85. The van der Waals surface area contributed by atoms with Gasteiger partial charge in [-0.15, -0.1) is 0 Å². The van der Waals surface area contributed by atoms with Crippen LogP contribution in [0.4, 0.5) is 0 Å². The Hall–Kier alpha value is -3.28. The fourth-order valence-corrected chi connectivity index (χ4v) is 2.17. The minimum absolute atomic E-state index is 0.413. The first-order valence-electron chi connectivity index (χ1n) is 8.64. The smallest absolute Gasteiger partial charge is 0.269 e. The van der Waals surface area contributed by atoms with Crippen LogP contribution >= 0.6 is 0 Å². The number of ether oxygens (including phenoxy) is 2. The molecular formula is C21H24N2O4. The lowest BCUT2D eigenvalue weighted by atomic mass is 10.2. The van der Waals surface area contributed by atoms with Crippen LogP contribution in [0.5, 0.6) is 11.5 Å². The van der Waals surface area contributed by atoms with Crippen molar-refractivity contribution in [2.24, 2.45) is 5.92 Å². The van der Waals surface area contributed by atoms with E-state index in [0.29, 0.717) is 29.6 Å². The molecule has 0 spiro atoms. The number of amides is 2. The van der Waals surface area contributed by atoms with Crippen LogP contribution in [0.3, 0.4) is 0 Å². The third kappa shape index (κ3) is 6.51. The van der Waals surface area contributed by atoms with Crippen LogP contribution in [0.2, 0.25) is 0 Å². The van der Waals surface area contributed by atoms with Gasteiger partial charge in [-0.05, 0) is 42.3 Å². The molecule has 0 atom stereocenters. The standard InChI is InChI=1S/C21H24N2O4/c1-15(2)14-27-18-11-8-17(9-12-18)21(25)23-22-20(24)13-10-16-6-4-5-7-19(16)26-3/h4-13,15H,14H2,1-3H3,(H,22,24)(H,23,25). The third-order valence-electron chi connectivity index (χ3n) is 3.55. The summed E-state index contributed by atoms with van der Waals surface area (Å²) in [5.41, 5.74) is 5.90. The molecule has 6 heteroatoms. The van der Waals surface area contributed by atoms with E-state index in [2.05, 4.69) is 24.7 Å². The van der Waals surface area contributed by atoms with E-state index < -0.39 is 11.8 Å². The van der Waals surface area contributed by atoms with Gasteiger partial charge >= 0.3 is 0 Å². The highest BCUT2D eigenvalue weighted by Gasteiger charge is 2.07. The van der Waals surface area contributed by atoms with Crippen LogP contribution in [-0.4, -0.2) is 25.5 Å². The van der Waals surface area contributed by atoms with E-state index in [1.165, 1.54) is 6.08 Å². The van der Waals surface area contributed by atoms with Crippen molar-refractivity contribution in [2.45, 2.75) is 13.8 Å². The number of hydrazine groups is 1. The molecule has 6 nitrogen and oxygen atoms in total. The molecule has 0 heterocycles. The van der Waals surface area contributed by atoms with Gasteiger partial charge in [-0.1, -0.05) is 32.0 Å². The van der Waals surface area contributed by atoms with Gasteiger partial charge in [0.1, 0.15) is 11.5 Å². The summed E-state index contributed by atoms with van der Waals surface area (Å²) < 4.78 is 10.8. The van der Waals surface area contributed by atoms with E-state index in [4.69, 9.17) is 9.47 Å². The van der Waals surface area contributed by atoms with Gasteiger partial charge in [-0.2, -0.15) is 0 Å². The zero-order chi connectivity index (χ0) is 19.6. The number of hydrogen-bond donors (Lipinski definition) is 2. The maximum absolute atomic E-state index is 12.1. The van der Waals surface area contributed by atoms with Gasteiger partial charge in [-0.3, -0.25) is 20.4 Å². The molecule has 0 aliphatic heterocycles. The van der Waals surface area contributed by atoms with Gasteiger partial charge in [0.05, 0.1) is 13.7 Å². The summed E-state index contributed by atoms with van der Waals surface area (Å²) in [6.07, 6.45) is 2.93. The molecule has 0 aromatic heterocycles. The molecule has 0 unspecified atom stereocenters. The van der Waals surface area contributed by atoms with Gasteiger partial charge in [-0.25, -0.2) is 0 Å². The lowest BCUT2D eigenvalue weighted by Crippen LogP contribution is -2.40. The molecular weight excluding hydrogens is 344 g/mol. The Morgan fingerprint density at radius 1 is 1.04 bits per heavy atom. The lowest BCUT2D eigenvalue weighted by molar-refractivity contribution is -0.117. The molecule has 2 rings (SSSR count). The van der Waals surface area contributed by atoms with Crippen molar-refractivity contribution in [3.8, 4) is 11.5 Å². The highest BCUT2D eigenvalue weighted by Crippen LogP contribution is 2.18. The van der Waals surface area contributed by atoms with Crippen molar-refractivity contribution in [1.82, 2.24) is 10.9 Å². The summed E-state index contributed by atoms with van der Waals surface area (Å²) in [5, 5.41) is 0. The van der Waals surface area contributed by atoms with E-state index in [9.17, 15) is 9.59 Å². The van der Waals surface area contributed by atoms with Gasteiger partial charge in [0.2, 0.25) is 0 Å². The average molecular weight is 368 g/mol. The van der Waals surface area contributed by atoms with Crippen LogP contribution in [0.25, 0.3) is 6.08 Å². The molecule has 0 radical (unpaired) electrons. The molecule has 0 saturated carbocycles. The Morgan fingerprint density at radius 2 is 1.74 bits per heavy atom. The van der Waals surface area contributed by atoms with Crippen LogP contribution in [0.1, 0.15) is 29.8 Å². The Morgan fingerprint density at radius 3 is 2.41 bits per heavy atom. The molecule has 0 aliphatic rings. The van der Waals surface area contributed by atoms with Gasteiger partial charge < -0.3 is 9.47 Å². The van der Waals surface area contributed by atoms with E-state index in [1.807, 2.05) is 18.2 Å². The van der Waals surface area contributed by atoms with Crippen molar-refractivity contribution in [2.75, 3.05) is 13.7 Å². The fraction of sp³-hybridized carbons (Fsp3) is 0.238. The van der Waals surface area contributed by atoms with Crippen LogP contribution in [-0.2, 0) is 4.79 Å². The van der Waals surface area contributed by atoms with Crippen molar-refractivity contribution < 1.29 is 19.1 Å². The molecule has 27 heavy (non-hydrogen) atoms. The zero-order valence-corrected chi connectivity index (χ0v) is 15.7. The monoisotopic (exact) mass is 368 g/mol. The first-order valence-corrected chi connectivity index (χ1v) is 8.64. The first kappa shape index (κ1) is 20.0. The Labute approximate surface area is 159 Å². The molecule has 0 bridgehead atoms. The molecule has 2 N–H and O–H groups in total. The largest absolute Gasteiger partial charge is 0.496 e. The van der Waals surface area contributed by atoms with E-state index >= 15 is 0 Å². The van der Waals surface area contributed by atoms with Gasteiger partial charge in [0.25, 0.3) is 11.8 Å². The number of rotatable bonds is 7. The van der Waals surface area contributed by atoms with Crippen molar-refractivity contribution in [1.29, 1.82) is 0 Å². The second kappa shape index (κ2) is 10.0. The second-order valence-corrected chi connectivity index (χ2v) is 6.25. The minimum Gasteiger partial charge on any atom is -0.496 e. The summed E-state index contributed by atoms with van der Waals surface area (Å²) in [6, 6.07) is 14.0. The molecule has 2 aromatic rings. The quantitative estimate of drug-likeness (QED) is 0.581. The number of para-hydroxylation sites is 1. The van der Waals surface area contributed by atoms with E-state index in [1.54, 1.807) is 43.5 Å². The van der Waals surface area contributed by atoms with Crippen molar-refractivity contribution in [3.05, 3.63) is 65.7 Å². The highest BCUT2D eigenvalue weighted by molar-refractivity contribution is 5.98. The fourth-order valence-electron chi connectivity index (χ4n) is 2.17. The van der Waals surface area contributed by atoms with Gasteiger partial charge in [0.15, 0.2) is 0 Å². The van der Waals surface area contributed by atoms with Crippen LogP contribution in [0.15, 0.2) is 54.6 Å². The van der Waals surface area contributed by atoms with Crippen LogP contribution < -0.4 is 20.3 Å². The second-order valence-electron chi connectivity index (χ2n) is 6.25. The van der Waals surface area contributed by atoms with Gasteiger partial charge in [0, 0.05) is 17.2 Å². The summed E-state index contributed by atoms with van der Waals surface area (Å²) in [5.74, 6) is 0.914. The topological polar surface area (TPSA) is 76.7 Å². The predicted octanol–water partition coefficient (Wildman–Crippen LogP) is 3.20. The normalized spacial score (nSPS) is 10.7. The number of benzene rings is 2. The van der Waals surface area contributed by atoms with Crippen molar-refractivity contribution in [3.63, 3.8) is 0 Å². The average Bonchev–Trinajstić information content (AvgIpc) is 2.69. The molecule has 0 saturated heterocycles. The number of methoxy groups -OCH3 is 1. The summed E-state index contributed by atoms with van der Waals surface area (Å²) >= 11 is 0.